The zero-order valence-corrected chi connectivity index (χ0v) is 10.2. The van der Waals surface area contributed by atoms with Gasteiger partial charge in [0.15, 0.2) is 0 Å². The largest absolute Gasteiger partial charge is 0.478 e. The summed E-state index contributed by atoms with van der Waals surface area (Å²) in [5.74, 6) is -2.32. The summed E-state index contributed by atoms with van der Waals surface area (Å²) in [7, 11) is 0. The summed E-state index contributed by atoms with van der Waals surface area (Å²) >= 11 is 1.21. The standard InChI is InChI=1S/C12H9NO4S/c1-6-2-3-7(11(14)15)9(8(6)12(16)17)10-13-4-5-18-10/h2-5H,1H3,(H,14,15)(H,16,17). The average molecular weight is 263 g/mol. The van der Waals surface area contributed by atoms with Crippen molar-refractivity contribution in [1.29, 1.82) is 0 Å². The van der Waals surface area contributed by atoms with Gasteiger partial charge in [0.05, 0.1) is 11.1 Å². The average Bonchev–Trinajstić information content (AvgIpc) is 2.80. The molecule has 0 atom stereocenters. The second kappa shape index (κ2) is 4.58. The van der Waals surface area contributed by atoms with Crippen molar-refractivity contribution in [3.63, 3.8) is 0 Å². The molecule has 18 heavy (non-hydrogen) atoms. The summed E-state index contributed by atoms with van der Waals surface area (Å²) in [5.41, 5.74) is 0.625. The summed E-state index contributed by atoms with van der Waals surface area (Å²) in [6.45, 7) is 1.63. The van der Waals surface area contributed by atoms with Crippen molar-refractivity contribution in [2.24, 2.45) is 0 Å². The van der Waals surface area contributed by atoms with Crippen molar-refractivity contribution in [3.05, 3.63) is 40.4 Å². The van der Waals surface area contributed by atoms with Crippen LogP contribution in [0.2, 0.25) is 0 Å². The number of aromatic carboxylic acids is 2. The van der Waals surface area contributed by atoms with Crippen molar-refractivity contribution < 1.29 is 19.8 Å². The molecule has 0 saturated heterocycles. The predicted molar refractivity (Wildman–Crippen MR) is 66.2 cm³/mol. The molecule has 6 heteroatoms. The van der Waals surface area contributed by atoms with Crippen LogP contribution in [-0.2, 0) is 0 Å². The number of nitrogens with zero attached hydrogens (tertiary/aromatic N) is 1. The minimum absolute atomic E-state index is 0.00940. The van der Waals surface area contributed by atoms with Crippen molar-refractivity contribution >= 4 is 23.3 Å². The van der Waals surface area contributed by atoms with E-state index in [0.29, 0.717) is 10.6 Å². The lowest BCUT2D eigenvalue weighted by Gasteiger charge is -2.10. The van der Waals surface area contributed by atoms with Gasteiger partial charge in [0.25, 0.3) is 0 Å². The zero-order chi connectivity index (χ0) is 13.3. The Labute approximate surface area is 106 Å². The molecule has 0 amide bonds. The van der Waals surface area contributed by atoms with Crippen LogP contribution in [0, 0.1) is 6.92 Å². The molecule has 1 heterocycles. The van der Waals surface area contributed by atoms with Crippen LogP contribution in [0.15, 0.2) is 23.7 Å². The molecule has 0 spiro atoms. The number of aryl methyl sites for hydroxylation is 1. The number of rotatable bonds is 3. The van der Waals surface area contributed by atoms with Gasteiger partial charge in [-0.1, -0.05) is 6.07 Å². The first-order valence-corrected chi connectivity index (χ1v) is 5.90. The lowest BCUT2D eigenvalue weighted by Crippen LogP contribution is -2.09. The molecule has 0 aliphatic carbocycles. The fourth-order valence-corrected chi connectivity index (χ4v) is 2.43. The van der Waals surface area contributed by atoms with Gasteiger partial charge < -0.3 is 10.2 Å². The molecule has 1 aromatic heterocycles. The van der Waals surface area contributed by atoms with Crippen LogP contribution in [0.4, 0.5) is 0 Å². The van der Waals surface area contributed by atoms with Crippen LogP contribution in [0.25, 0.3) is 10.6 Å². The van der Waals surface area contributed by atoms with Gasteiger partial charge in [-0.25, -0.2) is 14.6 Å². The van der Waals surface area contributed by atoms with E-state index in [1.54, 1.807) is 12.3 Å². The summed E-state index contributed by atoms with van der Waals surface area (Å²) in [5, 5.41) is 20.5. The van der Waals surface area contributed by atoms with Gasteiger partial charge in [0.2, 0.25) is 0 Å². The fourth-order valence-electron chi connectivity index (χ4n) is 1.73. The summed E-state index contributed by atoms with van der Waals surface area (Å²) in [4.78, 5) is 26.5. The molecule has 1 aromatic carbocycles. The van der Waals surface area contributed by atoms with Crippen LogP contribution >= 0.6 is 11.3 Å². The highest BCUT2D eigenvalue weighted by Crippen LogP contribution is 2.31. The number of carboxylic acids is 2. The van der Waals surface area contributed by atoms with Gasteiger partial charge in [-0.15, -0.1) is 11.3 Å². The molecule has 0 aliphatic heterocycles. The van der Waals surface area contributed by atoms with E-state index in [9.17, 15) is 14.7 Å². The summed E-state index contributed by atoms with van der Waals surface area (Å²) < 4.78 is 0. The maximum Gasteiger partial charge on any atom is 0.336 e. The maximum atomic E-state index is 11.3. The first-order chi connectivity index (χ1) is 8.52. The Morgan fingerprint density at radius 3 is 2.44 bits per heavy atom. The van der Waals surface area contributed by atoms with Crippen LogP contribution in [-0.4, -0.2) is 27.1 Å². The van der Waals surface area contributed by atoms with Crippen LogP contribution in [0.3, 0.4) is 0 Å². The Morgan fingerprint density at radius 2 is 1.94 bits per heavy atom. The number of thiazole rings is 1. The molecule has 0 aliphatic rings. The molecule has 0 bridgehead atoms. The Kier molecular flexibility index (Phi) is 3.12. The first kappa shape index (κ1) is 12.3. The van der Waals surface area contributed by atoms with E-state index < -0.39 is 11.9 Å². The molecule has 2 rings (SSSR count). The van der Waals surface area contributed by atoms with Gasteiger partial charge >= 0.3 is 11.9 Å². The highest BCUT2D eigenvalue weighted by molar-refractivity contribution is 7.13. The van der Waals surface area contributed by atoms with E-state index in [4.69, 9.17) is 5.11 Å². The monoisotopic (exact) mass is 263 g/mol. The quantitative estimate of drug-likeness (QED) is 0.888. The third-order valence-corrected chi connectivity index (χ3v) is 3.29. The number of carbonyl (C=O) groups is 2. The predicted octanol–water partition coefficient (Wildman–Crippen LogP) is 2.51. The van der Waals surface area contributed by atoms with Gasteiger partial charge in [-0.3, -0.25) is 0 Å². The van der Waals surface area contributed by atoms with E-state index in [2.05, 4.69) is 4.98 Å². The molecular formula is C12H9NO4S. The number of carboxylic acid groups (broad SMARTS) is 2. The number of hydrogen-bond donors (Lipinski definition) is 2. The van der Waals surface area contributed by atoms with Crippen LogP contribution in [0.1, 0.15) is 26.3 Å². The second-order valence-corrected chi connectivity index (χ2v) is 4.52. The van der Waals surface area contributed by atoms with Gasteiger partial charge in [0, 0.05) is 17.1 Å². The normalized spacial score (nSPS) is 10.3. The molecular weight excluding hydrogens is 254 g/mol. The molecule has 0 radical (unpaired) electrons. The Balaban J connectivity index is 2.84. The molecule has 0 unspecified atom stereocenters. The van der Waals surface area contributed by atoms with Crippen molar-refractivity contribution in [2.45, 2.75) is 6.92 Å². The van der Waals surface area contributed by atoms with Crippen LogP contribution in [0.5, 0.6) is 0 Å². The topological polar surface area (TPSA) is 87.5 Å². The van der Waals surface area contributed by atoms with Gasteiger partial charge in [-0.05, 0) is 18.6 Å². The van der Waals surface area contributed by atoms with Crippen molar-refractivity contribution in [2.75, 3.05) is 0 Å². The van der Waals surface area contributed by atoms with E-state index >= 15 is 0 Å². The first-order valence-electron chi connectivity index (χ1n) is 5.02. The van der Waals surface area contributed by atoms with E-state index in [-0.39, 0.29) is 16.7 Å². The third kappa shape index (κ3) is 1.98. The molecule has 2 aromatic rings. The van der Waals surface area contributed by atoms with E-state index in [1.165, 1.54) is 29.7 Å². The summed E-state index contributed by atoms with van der Waals surface area (Å²) in [6, 6.07) is 2.89. The van der Waals surface area contributed by atoms with Crippen LogP contribution < -0.4 is 0 Å². The van der Waals surface area contributed by atoms with Crippen molar-refractivity contribution in [3.8, 4) is 10.6 Å². The number of aromatic nitrogens is 1. The van der Waals surface area contributed by atoms with Gasteiger partial charge in [0.1, 0.15) is 5.01 Å². The lowest BCUT2D eigenvalue weighted by molar-refractivity contribution is 0.0695. The van der Waals surface area contributed by atoms with Crippen molar-refractivity contribution in [1.82, 2.24) is 4.98 Å². The number of hydrogen-bond acceptors (Lipinski definition) is 4. The van der Waals surface area contributed by atoms with E-state index in [0.717, 1.165) is 0 Å². The lowest BCUT2D eigenvalue weighted by atomic mass is 9.97. The highest BCUT2D eigenvalue weighted by atomic mass is 32.1. The summed E-state index contributed by atoms with van der Waals surface area (Å²) in [6.07, 6.45) is 1.51. The molecule has 5 nitrogen and oxygen atoms in total. The Hall–Kier alpha value is -2.21. The smallest absolute Gasteiger partial charge is 0.336 e. The van der Waals surface area contributed by atoms with E-state index in [1.807, 2.05) is 0 Å². The van der Waals surface area contributed by atoms with Gasteiger partial charge in [-0.2, -0.15) is 0 Å². The SMILES string of the molecule is Cc1ccc(C(=O)O)c(-c2nccs2)c1C(=O)O. The Bertz CT molecular complexity index is 619. The minimum Gasteiger partial charge on any atom is -0.478 e. The maximum absolute atomic E-state index is 11.3. The third-order valence-electron chi connectivity index (χ3n) is 2.50. The Morgan fingerprint density at radius 1 is 1.22 bits per heavy atom. The number of benzene rings is 1. The molecule has 0 fully saturated rings. The molecule has 2 N–H and O–H groups in total. The molecule has 92 valence electrons. The highest BCUT2D eigenvalue weighted by Gasteiger charge is 2.23. The zero-order valence-electron chi connectivity index (χ0n) is 9.38. The second-order valence-electron chi connectivity index (χ2n) is 3.63. The fraction of sp³-hybridized carbons (Fsp3) is 0.0833. The molecule has 0 saturated carbocycles. The minimum atomic E-state index is -1.16.